The molecule has 0 aliphatic heterocycles. The Bertz CT molecular complexity index is 409. The Balaban J connectivity index is 2.93. The molecule has 0 aliphatic rings. The van der Waals surface area contributed by atoms with Gasteiger partial charge in [-0.2, -0.15) is 0 Å². The van der Waals surface area contributed by atoms with Crippen LogP contribution in [0, 0.1) is 0 Å². The van der Waals surface area contributed by atoms with Crippen molar-refractivity contribution in [3.05, 3.63) is 29.8 Å². The predicted octanol–water partition coefficient (Wildman–Crippen LogP) is 3.98. The molecular formula is C16H29NO2Si. The number of likely N-dealkylation sites (N-methyl/N-ethyl adjacent to an activating group) is 1. The van der Waals surface area contributed by atoms with Gasteiger partial charge in [0.15, 0.2) is 8.32 Å². The molecule has 0 bridgehead atoms. The number of nitrogens with one attached hydrogen (secondary N) is 1. The molecule has 114 valence electrons. The topological polar surface area (TPSA) is 30.5 Å². The van der Waals surface area contributed by atoms with E-state index in [9.17, 15) is 0 Å². The van der Waals surface area contributed by atoms with Crippen LogP contribution < -0.4 is 10.1 Å². The molecular weight excluding hydrogens is 266 g/mol. The molecule has 0 fully saturated rings. The maximum Gasteiger partial charge on any atom is 0.192 e. The summed E-state index contributed by atoms with van der Waals surface area (Å²) in [6.07, 6.45) is 0.0896. The number of hydrogen-bond acceptors (Lipinski definition) is 3. The fourth-order valence-electron chi connectivity index (χ4n) is 1.76. The fourth-order valence-corrected chi connectivity index (χ4v) is 3.05. The van der Waals surface area contributed by atoms with E-state index in [1.165, 1.54) is 5.56 Å². The van der Waals surface area contributed by atoms with Crippen molar-refractivity contribution >= 4 is 8.32 Å². The first-order valence-corrected chi connectivity index (χ1v) is 10.1. The van der Waals surface area contributed by atoms with Gasteiger partial charge < -0.3 is 14.5 Å². The largest absolute Gasteiger partial charge is 0.497 e. The van der Waals surface area contributed by atoms with Crippen molar-refractivity contribution in [3.63, 3.8) is 0 Å². The van der Waals surface area contributed by atoms with Gasteiger partial charge in [-0.1, -0.05) is 32.9 Å². The normalized spacial score (nSPS) is 14.2. The highest BCUT2D eigenvalue weighted by molar-refractivity contribution is 6.74. The first-order chi connectivity index (χ1) is 9.21. The Labute approximate surface area is 124 Å². The minimum atomic E-state index is -1.78. The molecule has 0 aromatic heterocycles. The van der Waals surface area contributed by atoms with Gasteiger partial charge in [0.05, 0.1) is 13.2 Å². The number of ether oxygens (including phenoxy) is 1. The SMILES string of the molecule is CNCC(O[Si](C)(C)C(C)(C)C)c1ccc(OC)cc1. The first-order valence-electron chi connectivity index (χ1n) is 7.17. The van der Waals surface area contributed by atoms with Crippen LogP contribution in [0.25, 0.3) is 0 Å². The summed E-state index contributed by atoms with van der Waals surface area (Å²) in [5.41, 5.74) is 1.20. The molecule has 4 heteroatoms. The highest BCUT2D eigenvalue weighted by Crippen LogP contribution is 2.39. The van der Waals surface area contributed by atoms with Crippen LogP contribution >= 0.6 is 0 Å². The first kappa shape index (κ1) is 17.2. The van der Waals surface area contributed by atoms with E-state index >= 15 is 0 Å². The number of hydrogen-bond donors (Lipinski definition) is 1. The van der Waals surface area contributed by atoms with Crippen LogP contribution in [0.15, 0.2) is 24.3 Å². The Morgan fingerprint density at radius 3 is 2.10 bits per heavy atom. The van der Waals surface area contributed by atoms with Gasteiger partial charge in [0.25, 0.3) is 0 Å². The molecule has 1 atom stereocenters. The van der Waals surface area contributed by atoms with E-state index in [1.807, 2.05) is 19.2 Å². The van der Waals surface area contributed by atoms with Gasteiger partial charge in [0.1, 0.15) is 5.75 Å². The Kier molecular flexibility index (Phi) is 5.80. The van der Waals surface area contributed by atoms with Crippen LogP contribution in [0.4, 0.5) is 0 Å². The van der Waals surface area contributed by atoms with Crippen LogP contribution in [0.5, 0.6) is 5.75 Å². The molecule has 1 N–H and O–H groups in total. The number of rotatable bonds is 6. The number of methoxy groups -OCH3 is 1. The number of benzene rings is 1. The summed E-state index contributed by atoms with van der Waals surface area (Å²) in [4.78, 5) is 0. The molecule has 0 heterocycles. The lowest BCUT2D eigenvalue weighted by Gasteiger charge is -2.39. The van der Waals surface area contributed by atoms with Crippen molar-refractivity contribution in [2.45, 2.75) is 45.0 Å². The maximum atomic E-state index is 6.54. The van der Waals surface area contributed by atoms with E-state index in [2.05, 4.69) is 51.3 Å². The molecule has 0 saturated carbocycles. The van der Waals surface area contributed by atoms with Gasteiger partial charge in [0, 0.05) is 6.54 Å². The van der Waals surface area contributed by atoms with Gasteiger partial charge >= 0.3 is 0 Å². The molecule has 0 amide bonds. The molecule has 0 radical (unpaired) electrons. The summed E-state index contributed by atoms with van der Waals surface area (Å²) in [6.45, 7) is 12.2. The average molecular weight is 295 g/mol. The standard InChI is InChI=1S/C16H29NO2Si/c1-16(2,3)20(6,7)19-15(12-17-4)13-8-10-14(18-5)11-9-13/h8-11,15,17H,12H2,1-7H3. The summed E-state index contributed by atoms with van der Waals surface area (Å²) in [5.74, 6) is 0.879. The molecule has 20 heavy (non-hydrogen) atoms. The molecule has 0 saturated heterocycles. The van der Waals surface area contributed by atoms with Crippen LogP contribution in [-0.2, 0) is 4.43 Å². The zero-order valence-corrected chi connectivity index (χ0v) is 14.9. The predicted molar refractivity (Wildman–Crippen MR) is 87.9 cm³/mol. The Morgan fingerprint density at radius 1 is 1.15 bits per heavy atom. The van der Waals surface area contributed by atoms with Crippen molar-refractivity contribution in [1.29, 1.82) is 0 Å². The molecule has 1 aromatic rings. The maximum absolute atomic E-state index is 6.54. The lowest BCUT2D eigenvalue weighted by Crippen LogP contribution is -2.43. The smallest absolute Gasteiger partial charge is 0.192 e. The monoisotopic (exact) mass is 295 g/mol. The zero-order valence-electron chi connectivity index (χ0n) is 13.9. The minimum Gasteiger partial charge on any atom is -0.497 e. The third-order valence-corrected chi connectivity index (χ3v) is 8.61. The van der Waals surface area contributed by atoms with Gasteiger partial charge in [-0.3, -0.25) is 0 Å². The summed E-state index contributed by atoms with van der Waals surface area (Å²) in [7, 11) is 1.87. The van der Waals surface area contributed by atoms with Crippen LogP contribution in [0.2, 0.25) is 18.1 Å². The van der Waals surface area contributed by atoms with Crippen molar-refractivity contribution in [2.75, 3.05) is 20.7 Å². The van der Waals surface area contributed by atoms with E-state index in [1.54, 1.807) is 7.11 Å². The van der Waals surface area contributed by atoms with E-state index in [0.717, 1.165) is 12.3 Å². The summed E-state index contributed by atoms with van der Waals surface area (Å²) in [5, 5.41) is 3.45. The van der Waals surface area contributed by atoms with Gasteiger partial charge in [-0.15, -0.1) is 0 Å². The van der Waals surface area contributed by atoms with E-state index in [0.29, 0.717) is 0 Å². The third-order valence-electron chi connectivity index (χ3n) is 4.12. The summed E-state index contributed by atoms with van der Waals surface area (Å²) in [6, 6.07) is 8.17. The van der Waals surface area contributed by atoms with Crippen molar-refractivity contribution in [2.24, 2.45) is 0 Å². The molecule has 0 spiro atoms. The summed E-state index contributed by atoms with van der Waals surface area (Å²) < 4.78 is 11.8. The molecule has 1 unspecified atom stereocenters. The van der Waals surface area contributed by atoms with E-state index in [-0.39, 0.29) is 11.1 Å². The molecule has 1 rings (SSSR count). The van der Waals surface area contributed by atoms with Gasteiger partial charge in [-0.25, -0.2) is 0 Å². The van der Waals surface area contributed by atoms with Gasteiger partial charge in [-0.05, 0) is 42.9 Å². The van der Waals surface area contributed by atoms with Crippen LogP contribution in [-0.4, -0.2) is 29.0 Å². The minimum absolute atomic E-state index is 0.0896. The third kappa shape index (κ3) is 4.33. The lowest BCUT2D eigenvalue weighted by atomic mass is 10.1. The molecule has 1 aromatic carbocycles. The van der Waals surface area contributed by atoms with E-state index < -0.39 is 8.32 Å². The zero-order chi connectivity index (χ0) is 15.4. The second-order valence-corrected chi connectivity index (χ2v) is 11.5. The second kappa shape index (κ2) is 6.74. The van der Waals surface area contributed by atoms with Crippen molar-refractivity contribution in [1.82, 2.24) is 5.32 Å². The van der Waals surface area contributed by atoms with Gasteiger partial charge in [0.2, 0.25) is 0 Å². The Morgan fingerprint density at radius 2 is 1.70 bits per heavy atom. The van der Waals surface area contributed by atoms with Crippen LogP contribution in [0.3, 0.4) is 0 Å². The second-order valence-electron chi connectivity index (χ2n) is 6.70. The highest BCUT2D eigenvalue weighted by Gasteiger charge is 2.39. The van der Waals surface area contributed by atoms with Crippen molar-refractivity contribution in [3.8, 4) is 5.75 Å². The molecule has 3 nitrogen and oxygen atoms in total. The fraction of sp³-hybridized carbons (Fsp3) is 0.625. The van der Waals surface area contributed by atoms with Crippen LogP contribution in [0.1, 0.15) is 32.4 Å². The quantitative estimate of drug-likeness (QED) is 0.805. The highest BCUT2D eigenvalue weighted by atomic mass is 28.4. The van der Waals surface area contributed by atoms with E-state index in [4.69, 9.17) is 9.16 Å². The van der Waals surface area contributed by atoms with Crippen molar-refractivity contribution < 1.29 is 9.16 Å². The summed E-state index contributed by atoms with van der Waals surface area (Å²) >= 11 is 0. The average Bonchev–Trinajstić information content (AvgIpc) is 2.37. The molecule has 0 aliphatic carbocycles. The Hall–Kier alpha value is -0.843. The lowest BCUT2D eigenvalue weighted by molar-refractivity contribution is 0.183.